The predicted octanol–water partition coefficient (Wildman–Crippen LogP) is 0.909. The average Bonchev–Trinajstić information content (AvgIpc) is 2.25. The highest BCUT2D eigenvalue weighted by atomic mass is 32.1. The van der Waals surface area contributed by atoms with E-state index in [1.165, 1.54) is 11.3 Å². The van der Waals surface area contributed by atoms with Crippen molar-refractivity contribution in [3.63, 3.8) is 0 Å². The van der Waals surface area contributed by atoms with Crippen LogP contribution < -0.4 is 4.87 Å². The summed E-state index contributed by atoms with van der Waals surface area (Å²) in [5, 5.41) is 8.60. The Bertz CT molecular complexity index is 313. The van der Waals surface area contributed by atoms with Crippen LogP contribution in [0, 0.1) is 13.8 Å². The second kappa shape index (κ2) is 3.87. The summed E-state index contributed by atoms with van der Waals surface area (Å²) in [5.41, 5.74) is 1.03. The van der Waals surface area contributed by atoms with Gasteiger partial charge in [0.15, 0.2) is 0 Å². The third-order valence-electron chi connectivity index (χ3n) is 1.92. The highest BCUT2D eigenvalue weighted by molar-refractivity contribution is 7.09. The van der Waals surface area contributed by atoms with Gasteiger partial charge in [0.2, 0.25) is 0 Å². The summed E-state index contributed by atoms with van der Waals surface area (Å²) in [6.45, 7) is 4.65. The maximum atomic E-state index is 11.3. The SMILES string of the molecule is Cc1sc(=O)n(CCCO)c1C. The Kier molecular flexibility index (Phi) is 3.05. The number of thiazole rings is 1. The Morgan fingerprint density at radius 3 is 2.58 bits per heavy atom. The fourth-order valence-corrected chi connectivity index (χ4v) is 1.93. The van der Waals surface area contributed by atoms with Crippen molar-refractivity contribution in [2.75, 3.05) is 6.61 Å². The molecule has 1 N–H and O–H groups in total. The van der Waals surface area contributed by atoms with Crippen LogP contribution in [0.2, 0.25) is 0 Å². The van der Waals surface area contributed by atoms with Gasteiger partial charge in [-0.3, -0.25) is 4.79 Å². The lowest BCUT2D eigenvalue weighted by Crippen LogP contribution is -2.15. The molecule has 0 saturated heterocycles. The van der Waals surface area contributed by atoms with E-state index in [0.717, 1.165) is 10.6 Å². The first-order valence-electron chi connectivity index (χ1n) is 3.94. The monoisotopic (exact) mass is 187 g/mol. The van der Waals surface area contributed by atoms with Crippen LogP contribution in [0.5, 0.6) is 0 Å². The van der Waals surface area contributed by atoms with Crippen molar-refractivity contribution in [2.24, 2.45) is 0 Å². The molecule has 0 aromatic carbocycles. The van der Waals surface area contributed by atoms with Gasteiger partial charge in [0, 0.05) is 23.7 Å². The smallest absolute Gasteiger partial charge is 0.307 e. The maximum Gasteiger partial charge on any atom is 0.307 e. The van der Waals surface area contributed by atoms with Crippen molar-refractivity contribution in [1.82, 2.24) is 4.57 Å². The van der Waals surface area contributed by atoms with Gasteiger partial charge in [0.25, 0.3) is 0 Å². The van der Waals surface area contributed by atoms with Gasteiger partial charge in [-0.05, 0) is 20.3 Å². The fraction of sp³-hybridized carbons (Fsp3) is 0.625. The second-order valence-corrected chi connectivity index (χ2v) is 3.90. The Hall–Kier alpha value is -0.610. The Balaban J connectivity index is 2.90. The topological polar surface area (TPSA) is 42.2 Å². The number of aliphatic hydroxyl groups is 1. The lowest BCUT2D eigenvalue weighted by molar-refractivity contribution is 0.279. The second-order valence-electron chi connectivity index (χ2n) is 2.74. The zero-order chi connectivity index (χ0) is 9.14. The molecule has 12 heavy (non-hydrogen) atoms. The minimum atomic E-state index is 0.0819. The van der Waals surface area contributed by atoms with Crippen LogP contribution in [0.25, 0.3) is 0 Å². The summed E-state index contributed by atoms with van der Waals surface area (Å²) in [6.07, 6.45) is 0.650. The third kappa shape index (κ3) is 1.76. The summed E-state index contributed by atoms with van der Waals surface area (Å²) < 4.78 is 1.72. The highest BCUT2D eigenvalue weighted by Gasteiger charge is 2.05. The molecule has 0 aliphatic rings. The molecule has 1 heterocycles. The average molecular weight is 187 g/mol. The van der Waals surface area contributed by atoms with E-state index < -0.39 is 0 Å². The van der Waals surface area contributed by atoms with Crippen molar-refractivity contribution in [1.29, 1.82) is 0 Å². The number of aromatic nitrogens is 1. The van der Waals surface area contributed by atoms with Crippen LogP contribution in [-0.4, -0.2) is 16.3 Å². The molecule has 68 valence electrons. The van der Waals surface area contributed by atoms with Crippen molar-refractivity contribution in [3.05, 3.63) is 20.2 Å². The number of hydrogen-bond acceptors (Lipinski definition) is 3. The molecule has 0 amide bonds. The minimum absolute atomic E-state index is 0.0819. The minimum Gasteiger partial charge on any atom is -0.396 e. The zero-order valence-electron chi connectivity index (χ0n) is 7.33. The first-order chi connectivity index (χ1) is 5.66. The van der Waals surface area contributed by atoms with Crippen LogP contribution in [-0.2, 0) is 6.54 Å². The van der Waals surface area contributed by atoms with Gasteiger partial charge in [-0.25, -0.2) is 0 Å². The van der Waals surface area contributed by atoms with Gasteiger partial charge in [-0.1, -0.05) is 11.3 Å². The maximum absolute atomic E-state index is 11.3. The summed E-state index contributed by atoms with van der Waals surface area (Å²) in [6, 6.07) is 0. The molecule has 0 spiro atoms. The number of aliphatic hydroxyl groups excluding tert-OH is 1. The first-order valence-corrected chi connectivity index (χ1v) is 4.76. The van der Waals surface area contributed by atoms with Gasteiger partial charge < -0.3 is 9.67 Å². The van der Waals surface area contributed by atoms with Crippen LogP contribution >= 0.6 is 11.3 Å². The van der Waals surface area contributed by atoms with Gasteiger partial charge in [-0.15, -0.1) is 0 Å². The first kappa shape index (κ1) is 9.48. The third-order valence-corrected chi connectivity index (χ3v) is 2.91. The highest BCUT2D eigenvalue weighted by Crippen LogP contribution is 2.09. The molecule has 0 atom stereocenters. The predicted molar refractivity (Wildman–Crippen MR) is 49.8 cm³/mol. The van der Waals surface area contributed by atoms with Crippen molar-refractivity contribution < 1.29 is 5.11 Å². The Morgan fingerprint density at radius 2 is 2.17 bits per heavy atom. The van der Waals surface area contributed by atoms with Crippen molar-refractivity contribution in [2.45, 2.75) is 26.8 Å². The fourth-order valence-electron chi connectivity index (χ4n) is 1.07. The van der Waals surface area contributed by atoms with Crippen LogP contribution in [0.4, 0.5) is 0 Å². The van der Waals surface area contributed by atoms with Crippen molar-refractivity contribution in [3.8, 4) is 0 Å². The van der Waals surface area contributed by atoms with E-state index in [9.17, 15) is 4.79 Å². The normalized spacial score (nSPS) is 10.6. The zero-order valence-corrected chi connectivity index (χ0v) is 8.15. The van der Waals surface area contributed by atoms with Crippen LogP contribution in [0.3, 0.4) is 0 Å². The molecular weight excluding hydrogens is 174 g/mol. The molecule has 0 bridgehead atoms. The van der Waals surface area contributed by atoms with Gasteiger partial charge in [-0.2, -0.15) is 0 Å². The lowest BCUT2D eigenvalue weighted by atomic mass is 10.4. The van der Waals surface area contributed by atoms with E-state index in [4.69, 9.17) is 5.11 Å². The number of aryl methyl sites for hydroxylation is 1. The van der Waals surface area contributed by atoms with E-state index >= 15 is 0 Å². The summed E-state index contributed by atoms with van der Waals surface area (Å²) in [5.74, 6) is 0. The van der Waals surface area contributed by atoms with E-state index in [-0.39, 0.29) is 11.5 Å². The van der Waals surface area contributed by atoms with E-state index in [0.29, 0.717) is 13.0 Å². The number of hydrogen-bond donors (Lipinski definition) is 1. The Labute approximate surface area is 75.3 Å². The lowest BCUT2D eigenvalue weighted by Gasteiger charge is -2.01. The van der Waals surface area contributed by atoms with Gasteiger partial charge in [0.05, 0.1) is 0 Å². The molecule has 0 aliphatic heterocycles. The molecule has 0 saturated carbocycles. The number of nitrogens with zero attached hydrogens (tertiary/aromatic N) is 1. The largest absolute Gasteiger partial charge is 0.396 e. The van der Waals surface area contributed by atoms with Gasteiger partial charge in [0.1, 0.15) is 0 Å². The van der Waals surface area contributed by atoms with E-state index in [1.807, 2.05) is 13.8 Å². The molecule has 0 radical (unpaired) electrons. The quantitative estimate of drug-likeness (QED) is 0.764. The molecule has 4 heteroatoms. The molecule has 0 unspecified atom stereocenters. The summed E-state index contributed by atoms with van der Waals surface area (Å²) in [7, 11) is 0. The van der Waals surface area contributed by atoms with E-state index in [2.05, 4.69) is 0 Å². The Morgan fingerprint density at radius 1 is 1.50 bits per heavy atom. The van der Waals surface area contributed by atoms with E-state index in [1.54, 1.807) is 4.57 Å². The van der Waals surface area contributed by atoms with Crippen LogP contribution in [0.15, 0.2) is 4.79 Å². The molecule has 3 nitrogen and oxygen atoms in total. The number of rotatable bonds is 3. The van der Waals surface area contributed by atoms with Gasteiger partial charge >= 0.3 is 4.87 Å². The molecular formula is C8H13NO2S. The molecule has 0 aliphatic carbocycles. The molecule has 1 aromatic rings. The molecule has 1 rings (SSSR count). The van der Waals surface area contributed by atoms with Crippen LogP contribution in [0.1, 0.15) is 17.0 Å². The summed E-state index contributed by atoms with van der Waals surface area (Å²) in [4.78, 5) is 12.4. The molecule has 1 aromatic heterocycles. The summed E-state index contributed by atoms with van der Waals surface area (Å²) >= 11 is 1.27. The van der Waals surface area contributed by atoms with Crippen molar-refractivity contribution >= 4 is 11.3 Å². The standard InChI is InChI=1S/C8H13NO2S/c1-6-7(2)12-8(11)9(6)4-3-5-10/h10H,3-5H2,1-2H3. The molecule has 0 fully saturated rings.